The summed E-state index contributed by atoms with van der Waals surface area (Å²) in [5.41, 5.74) is -0.0644. The maximum absolute atomic E-state index is 12.8. The predicted molar refractivity (Wildman–Crippen MR) is 64.7 cm³/mol. The molecule has 1 aromatic rings. The van der Waals surface area contributed by atoms with Gasteiger partial charge in [0, 0.05) is 0 Å². The van der Waals surface area contributed by atoms with E-state index in [1.807, 2.05) is 0 Å². The van der Waals surface area contributed by atoms with Crippen LogP contribution in [0.3, 0.4) is 0 Å². The van der Waals surface area contributed by atoms with Gasteiger partial charge in [-0.1, -0.05) is 38.8 Å². The third-order valence-corrected chi connectivity index (χ3v) is 3.31. The van der Waals surface area contributed by atoms with E-state index in [-0.39, 0.29) is 5.82 Å². The summed E-state index contributed by atoms with van der Waals surface area (Å²) in [5.74, 6) is 0.252. The molecule has 0 bridgehead atoms. The van der Waals surface area contributed by atoms with Gasteiger partial charge in [-0.2, -0.15) is 0 Å². The van der Waals surface area contributed by atoms with E-state index in [9.17, 15) is 9.50 Å². The Kier molecular flexibility index (Phi) is 4.48. The number of aliphatic hydroxyl groups is 1. The fourth-order valence-electron chi connectivity index (χ4n) is 2.07. The third-order valence-electron chi connectivity index (χ3n) is 3.31. The molecule has 90 valence electrons. The highest BCUT2D eigenvalue weighted by atomic mass is 19.1. The molecule has 2 heteroatoms. The van der Waals surface area contributed by atoms with Crippen molar-refractivity contribution >= 4 is 0 Å². The molecule has 0 heterocycles. The van der Waals surface area contributed by atoms with Gasteiger partial charge in [-0.3, -0.25) is 0 Å². The van der Waals surface area contributed by atoms with Crippen LogP contribution in [0.15, 0.2) is 24.3 Å². The van der Waals surface area contributed by atoms with Gasteiger partial charge in [0.2, 0.25) is 0 Å². The Morgan fingerprint density at radius 1 is 1.19 bits per heavy atom. The summed E-state index contributed by atoms with van der Waals surface area (Å²) in [6.45, 7) is 6.07. The van der Waals surface area contributed by atoms with Crippen molar-refractivity contribution in [3.05, 3.63) is 35.6 Å². The lowest BCUT2D eigenvalue weighted by atomic mass is 9.84. The average molecular weight is 224 g/mol. The van der Waals surface area contributed by atoms with E-state index in [1.54, 1.807) is 19.1 Å². The van der Waals surface area contributed by atoms with Crippen LogP contribution in [-0.2, 0) is 5.60 Å². The van der Waals surface area contributed by atoms with E-state index in [0.717, 1.165) is 24.8 Å². The highest BCUT2D eigenvalue weighted by molar-refractivity contribution is 5.22. The first kappa shape index (κ1) is 13.2. The van der Waals surface area contributed by atoms with Gasteiger partial charge >= 0.3 is 0 Å². The van der Waals surface area contributed by atoms with Crippen molar-refractivity contribution < 1.29 is 9.50 Å². The average Bonchev–Trinajstić information content (AvgIpc) is 2.26. The first-order chi connectivity index (χ1) is 7.49. The molecule has 0 aliphatic heterocycles. The van der Waals surface area contributed by atoms with Crippen LogP contribution in [0.5, 0.6) is 0 Å². The molecule has 0 aliphatic rings. The third kappa shape index (κ3) is 3.31. The van der Waals surface area contributed by atoms with Gasteiger partial charge < -0.3 is 5.11 Å². The molecule has 1 N–H and O–H groups in total. The fourth-order valence-corrected chi connectivity index (χ4v) is 2.07. The zero-order valence-electron chi connectivity index (χ0n) is 10.3. The second-order valence-electron chi connectivity index (χ2n) is 4.67. The molecule has 1 nitrogen and oxygen atoms in total. The first-order valence-electron chi connectivity index (χ1n) is 5.98. The van der Waals surface area contributed by atoms with Crippen LogP contribution in [-0.4, -0.2) is 5.11 Å². The minimum Gasteiger partial charge on any atom is -0.385 e. The van der Waals surface area contributed by atoms with Gasteiger partial charge in [0.15, 0.2) is 0 Å². The van der Waals surface area contributed by atoms with Crippen molar-refractivity contribution in [1.82, 2.24) is 0 Å². The standard InChI is InChI=1S/C14H21FO/c1-4-11(5-2)10-14(3,16)12-6-8-13(15)9-7-12/h6-9,11,16H,4-5,10H2,1-3H3. The largest absolute Gasteiger partial charge is 0.385 e. The lowest BCUT2D eigenvalue weighted by Crippen LogP contribution is -2.24. The summed E-state index contributed by atoms with van der Waals surface area (Å²) in [6, 6.07) is 6.13. The molecule has 0 aromatic heterocycles. The van der Waals surface area contributed by atoms with Gasteiger partial charge in [0.25, 0.3) is 0 Å². The van der Waals surface area contributed by atoms with Crippen LogP contribution in [0.4, 0.5) is 4.39 Å². The smallest absolute Gasteiger partial charge is 0.123 e. The number of rotatable bonds is 5. The van der Waals surface area contributed by atoms with E-state index in [2.05, 4.69) is 13.8 Å². The minimum atomic E-state index is -0.857. The van der Waals surface area contributed by atoms with E-state index in [1.165, 1.54) is 12.1 Å². The highest BCUT2D eigenvalue weighted by Gasteiger charge is 2.25. The first-order valence-corrected chi connectivity index (χ1v) is 5.98. The van der Waals surface area contributed by atoms with Crippen LogP contribution in [0.1, 0.15) is 45.6 Å². The van der Waals surface area contributed by atoms with Gasteiger partial charge in [0.05, 0.1) is 5.60 Å². The molecular weight excluding hydrogens is 203 g/mol. The summed E-state index contributed by atoms with van der Waals surface area (Å²) in [4.78, 5) is 0. The second-order valence-corrected chi connectivity index (χ2v) is 4.67. The molecule has 0 aliphatic carbocycles. The SMILES string of the molecule is CCC(CC)CC(C)(O)c1ccc(F)cc1. The monoisotopic (exact) mass is 224 g/mol. The Balaban J connectivity index is 2.80. The molecule has 1 unspecified atom stereocenters. The predicted octanol–water partition coefficient (Wildman–Crippen LogP) is 3.86. The van der Waals surface area contributed by atoms with Crippen molar-refractivity contribution in [3.8, 4) is 0 Å². The van der Waals surface area contributed by atoms with Crippen LogP contribution in [0, 0.1) is 11.7 Å². The van der Waals surface area contributed by atoms with E-state index >= 15 is 0 Å². The lowest BCUT2D eigenvalue weighted by molar-refractivity contribution is 0.0285. The van der Waals surface area contributed by atoms with E-state index in [0.29, 0.717) is 5.92 Å². The molecule has 0 saturated heterocycles. The molecular formula is C14H21FO. The minimum absolute atomic E-state index is 0.262. The molecule has 0 spiro atoms. The number of halogens is 1. The normalized spacial score (nSPS) is 15.1. The summed E-state index contributed by atoms with van der Waals surface area (Å²) in [7, 11) is 0. The molecule has 16 heavy (non-hydrogen) atoms. The number of hydrogen-bond acceptors (Lipinski definition) is 1. The summed E-state index contributed by atoms with van der Waals surface area (Å²) in [5, 5.41) is 10.4. The maximum Gasteiger partial charge on any atom is 0.123 e. The van der Waals surface area contributed by atoms with Gasteiger partial charge in [0.1, 0.15) is 5.82 Å². The van der Waals surface area contributed by atoms with Crippen LogP contribution in [0.25, 0.3) is 0 Å². The zero-order chi connectivity index (χ0) is 12.2. The lowest BCUT2D eigenvalue weighted by Gasteiger charge is -2.28. The summed E-state index contributed by atoms with van der Waals surface area (Å²) >= 11 is 0. The molecule has 0 fully saturated rings. The Bertz CT molecular complexity index is 312. The van der Waals surface area contributed by atoms with Gasteiger partial charge in [-0.05, 0) is 37.0 Å². The van der Waals surface area contributed by atoms with Crippen LogP contribution in [0.2, 0.25) is 0 Å². The summed E-state index contributed by atoms with van der Waals surface area (Å²) in [6.07, 6.45) is 2.85. The second kappa shape index (κ2) is 5.44. The quantitative estimate of drug-likeness (QED) is 0.805. The van der Waals surface area contributed by atoms with E-state index in [4.69, 9.17) is 0 Å². The van der Waals surface area contributed by atoms with E-state index < -0.39 is 5.60 Å². The van der Waals surface area contributed by atoms with Crippen LogP contribution >= 0.6 is 0 Å². The van der Waals surface area contributed by atoms with Crippen molar-refractivity contribution in [2.75, 3.05) is 0 Å². The van der Waals surface area contributed by atoms with Crippen molar-refractivity contribution in [2.45, 2.75) is 45.6 Å². The molecule has 0 amide bonds. The van der Waals surface area contributed by atoms with Crippen molar-refractivity contribution in [2.24, 2.45) is 5.92 Å². The molecule has 0 radical (unpaired) electrons. The molecule has 0 saturated carbocycles. The highest BCUT2D eigenvalue weighted by Crippen LogP contribution is 2.30. The van der Waals surface area contributed by atoms with Crippen LogP contribution < -0.4 is 0 Å². The van der Waals surface area contributed by atoms with Crippen molar-refractivity contribution in [3.63, 3.8) is 0 Å². The topological polar surface area (TPSA) is 20.2 Å². The summed E-state index contributed by atoms with van der Waals surface area (Å²) < 4.78 is 12.8. The molecule has 1 aromatic carbocycles. The van der Waals surface area contributed by atoms with Gasteiger partial charge in [-0.15, -0.1) is 0 Å². The van der Waals surface area contributed by atoms with Crippen molar-refractivity contribution in [1.29, 1.82) is 0 Å². The Morgan fingerprint density at radius 3 is 2.12 bits per heavy atom. The molecule has 1 rings (SSSR count). The number of benzene rings is 1. The maximum atomic E-state index is 12.8. The fraction of sp³-hybridized carbons (Fsp3) is 0.571. The Labute approximate surface area is 97.3 Å². The van der Waals surface area contributed by atoms with Gasteiger partial charge in [-0.25, -0.2) is 4.39 Å². The Morgan fingerprint density at radius 2 is 1.69 bits per heavy atom. The Hall–Kier alpha value is -0.890. The zero-order valence-corrected chi connectivity index (χ0v) is 10.3. The number of hydrogen-bond donors (Lipinski definition) is 1. The molecule has 1 atom stereocenters.